The summed E-state index contributed by atoms with van der Waals surface area (Å²) in [5.74, 6) is 1.86. The largest absolute Gasteiger partial charge is 0.375 e. The molecule has 1 spiro atoms. The Morgan fingerprint density at radius 3 is 2.50 bits per heavy atom. The molecular formula is C14H25NO. The van der Waals surface area contributed by atoms with E-state index in [0.717, 1.165) is 24.5 Å². The van der Waals surface area contributed by atoms with Crippen molar-refractivity contribution >= 4 is 0 Å². The molecule has 92 valence electrons. The Morgan fingerprint density at radius 1 is 1.12 bits per heavy atom. The van der Waals surface area contributed by atoms with E-state index in [1.807, 2.05) is 0 Å². The van der Waals surface area contributed by atoms with Crippen molar-refractivity contribution in [3.63, 3.8) is 0 Å². The molecule has 0 amide bonds. The highest BCUT2D eigenvalue weighted by Crippen LogP contribution is 2.46. The summed E-state index contributed by atoms with van der Waals surface area (Å²) < 4.78 is 6.12. The van der Waals surface area contributed by atoms with Gasteiger partial charge >= 0.3 is 0 Å². The zero-order valence-electron chi connectivity index (χ0n) is 10.5. The van der Waals surface area contributed by atoms with Gasteiger partial charge in [0.15, 0.2) is 0 Å². The van der Waals surface area contributed by atoms with Gasteiger partial charge in [-0.1, -0.05) is 12.8 Å². The van der Waals surface area contributed by atoms with E-state index in [9.17, 15) is 0 Å². The summed E-state index contributed by atoms with van der Waals surface area (Å²) in [7, 11) is 2.15. The lowest BCUT2D eigenvalue weighted by Gasteiger charge is -2.41. The molecule has 3 fully saturated rings. The Labute approximate surface area is 99.1 Å². The first-order valence-corrected chi connectivity index (χ1v) is 7.14. The van der Waals surface area contributed by atoms with E-state index in [0.29, 0.717) is 5.60 Å². The van der Waals surface area contributed by atoms with Gasteiger partial charge in [0.25, 0.3) is 0 Å². The van der Waals surface area contributed by atoms with E-state index in [4.69, 9.17) is 4.74 Å². The number of rotatable bonds is 3. The maximum atomic E-state index is 6.12. The van der Waals surface area contributed by atoms with Gasteiger partial charge in [-0.2, -0.15) is 0 Å². The first-order valence-electron chi connectivity index (χ1n) is 7.14. The van der Waals surface area contributed by atoms with Crippen LogP contribution in [0.5, 0.6) is 0 Å². The molecule has 16 heavy (non-hydrogen) atoms. The minimum Gasteiger partial charge on any atom is -0.375 e. The van der Waals surface area contributed by atoms with Crippen LogP contribution in [0.25, 0.3) is 0 Å². The minimum atomic E-state index is 0.299. The van der Waals surface area contributed by atoms with E-state index < -0.39 is 0 Å². The van der Waals surface area contributed by atoms with Crippen LogP contribution in [-0.2, 0) is 4.74 Å². The Bertz CT molecular complexity index is 243. The first-order chi connectivity index (χ1) is 7.83. The minimum absolute atomic E-state index is 0.299. The molecule has 2 unspecified atom stereocenters. The van der Waals surface area contributed by atoms with Crippen LogP contribution in [-0.4, -0.2) is 25.3 Å². The lowest BCUT2D eigenvalue weighted by molar-refractivity contribution is -0.0986. The van der Waals surface area contributed by atoms with Crippen LogP contribution in [0.1, 0.15) is 51.4 Å². The highest BCUT2D eigenvalue weighted by Gasteiger charge is 2.44. The summed E-state index contributed by atoms with van der Waals surface area (Å²) in [5.41, 5.74) is 0.299. The zero-order chi connectivity index (χ0) is 11.0. The molecule has 0 aromatic carbocycles. The fourth-order valence-electron chi connectivity index (χ4n) is 4.05. The number of hydrogen-bond donors (Lipinski definition) is 1. The fourth-order valence-corrected chi connectivity index (χ4v) is 4.05. The molecule has 1 saturated heterocycles. The van der Waals surface area contributed by atoms with Gasteiger partial charge in [-0.15, -0.1) is 0 Å². The van der Waals surface area contributed by atoms with Gasteiger partial charge in [0.05, 0.1) is 5.60 Å². The molecule has 0 bridgehead atoms. The molecule has 1 N–H and O–H groups in total. The second-order valence-corrected chi connectivity index (χ2v) is 6.14. The molecule has 2 nitrogen and oxygen atoms in total. The average molecular weight is 223 g/mol. The fraction of sp³-hybridized carbons (Fsp3) is 1.00. The average Bonchev–Trinajstić information content (AvgIpc) is 3.03. The van der Waals surface area contributed by atoms with Crippen LogP contribution in [0.4, 0.5) is 0 Å². The Kier molecular flexibility index (Phi) is 2.97. The molecule has 3 rings (SSSR count). The molecule has 1 aliphatic heterocycles. The monoisotopic (exact) mass is 223 g/mol. The predicted octanol–water partition coefficient (Wildman–Crippen LogP) is 2.72. The topological polar surface area (TPSA) is 21.3 Å². The van der Waals surface area contributed by atoms with E-state index >= 15 is 0 Å². The number of nitrogens with one attached hydrogen (secondary N) is 1. The Hall–Kier alpha value is -0.0800. The van der Waals surface area contributed by atoms with Gasteiger partial charge < -0.3 is 10.1 Å². The van der Waals surface area contributed by atoms with Crippen molar-refractivity contribution in [2.75, 3.05) is 13.7 Å². The zero-order valence-corrected chi connectivity index (χ0v) is 10.5. The summed E-state index contributed by atoms with van der Waals surface area (Å²) in [4.78, 5) is 0. The highest BCUT2D eigenvalue weighted by atomic mass is 16.5. The van der Waals surface area contributed by atoms with Gasteiger partial charge in [0.1, 0.15) is 0 Å². The molecule has 2 heteroatoms. The molecular weight excluding hydrogens is 198 g/mol. The smallest absolute Gasteiger partial charge is 0.0685 e. The van der Waals surface area contributed by atoms with Gasteiger partial charge in [-0.25, -0.2) is 0 Å². The molecule has 3 aliphatic rings. The molecule has 2 saturated carbocycles. The van der Waals surface area contributed by atoms with Crippen molar-refractivity contribution in [2.24, 2.45) is 11.8 Å². The predicted molar refractivity (Wildman–Crippen MR) is 65.4 cm³/mol. The van der Waals surface area contributed by atoms with Crippen molar-refractivity contribution < 1.29 is 4.74 Å². The summed E-state index contributed by atoms with van der Waals surface area (Å²) in [6, 6.07) is 0.779. The van der Waals surface area contributed by atoms with Crippen LogP contribution in [0, 0.1) is 11.8 Å². The van der Waals surface area contributed by atoms with Crippen molar-refractivity contribution in [1.29, 1.82) is 0 Å². The third kappa shape index (κ3) is 2.02. The van der Waals surface area contributed by atoms with Crippen molar-refractivity contribution in [1.82, 2.24) is 5.32 Å². The lowest BCUT2D eigenvalue weighted by atomic mass is 9.79. The van der Waals surface area contributed by atoms with Gasteiger partial charge in [0.2, 0.25) is 0 Å². The second-order valence-electron chi connectivity index (χ2n) is 6.14. The van der Waals surface area contributed by atoms with Gasteiger partial charge in [-0.05, 0) is 57.4 Å². The summed E-state index contributed by atoms with van der Waals surface area (Å²) >= 11 is 0. The summed E-state index contributed by atoms with van der Waals surface area (Å²) in [6.45, 7) is 1.01. The third-order valence-electron chi connectivity index (χ3n) is 5.02. The van der Waals surface area contributed by atoms with E-state index in [2.05, 4.69) is 12.4 Å². The highest BCUT2D eigenvalue weighted by molar-refractivity contribution is 4.98. The normalized spacial score (nSPS) is 35.4. The standard InChI is InChI=1S/C14H25NO/c1-15-13(11-4-5-11)12-6-9-16-14(10-12)7-2-3-8-14/h11-13,15H,2-10H2,1H3. The van der Waals surface area contributed by atoms with Crippen molar-refractivity contribution in [3.05, 3.63) is 0 Å². The molecule has 1 heterocycles. The summed E-state index contributed by atoms with van der Waals surface area (Å²) in [6.07, 6.45) is 10.9. The quantitative estimate of drug-likeness (QED) is 0.794. The molecule has 2 atom stereocenters. The van der Waals surface area contributed by atoms with Crippen molar-refractivity contribution in [2.45, 2.75) is 63.0 Å². The first kappa shape index (κ1) is 11.0. The molecule has 0 aromatic rings. The third-order valence-corrected chi connectivity index (χ3v) is 5.02. The number of ether oxygens (including phenoxy) is 1. The van der Waals surface area contributed by atoms with Crippen LogP contribution in [0.2, 0.25) is 0 Å². The SMILES string of the molecule is CNC(C1CC1)C1CCOC2(CCCC2)C1. The van der Waals surface area contributed by atoms with E-state index in [-0.39, 0.29) is 0 Å². The van der Waals surface area contributed by atoms with Gasteiger partial charge in [0, 0.05) is 12.6 Å². The molecule has 0 aromatic heterocycles. The van der Waals surface area contributed by atoms with Crippen LogP contribution < -0.4 is 5.32 Å². The van der Waals surface area contributed by atoms with E-state index in [1.165, 1.54) is 51.4 Å². The Balaban J connectivity index is 1.66. The second kappa shape index (κ2) is 4.30. The van der Waals surface area contributed by atoms with Crippen LogP contribution >= 0.6 is 0 Å². The van der Waals surface area contributed by atoms with Crippen LogP contribution in [0.3, 0.4) is 0 Å². The van der Waals surface area contributed by atoms with E-state index in [1.54, 1.807) is 0 Å². The summed E-state index contributed by atoms with van der Waals surface area (Å²) in [5, 5.41) is 3.58. The van der Waals surface area contributed by atoms with Gasteiger partial charge in [-0.3, -0.25) is 0 Å². The van der Waals surface area contributed by atoms with Crippen molar-refractivity contribution in [3.8, 4) is 0 Å². The van der Waals surface area contributed by atoms with Crippen LogP contribution in [0.15, 0.2) is 0 Å². The molecule has 2 aliphatic carbocycles. The lowest BCUT2D eigenvalue weighted by Crippen LogP contribution is -2.45. The maximum Gasteiger partial charge on any atom is 0.0685 e. The maximum absolute atomic E-state index is 6.12. The number of hydrogen-bond acceptors (Lipinski definition) is 2. The molecule has 0 radical (unpaired) electrons. The Morgan fingerprint density at radius 2 is 1.88 bits per heavy atom.